The van der Waals surface area contributed by atoms with Crippen LogP contribution in [-0.4, -0.2) is 36.2 Å². The lowest BCUT2D eigenvalue weighted by atomic mass is 10.0. The van der Waals surface area contributed by atoms with Crippen LogP contribution in [0.5, 0.6) is 0 Å². The first-order valence-corrected chi connectivity index (χ1v) is 11.0. The van der Waals surface area contributed by atoms with Gasteiger partial charge < -0.3 is 4.74 Å². The first-order chi connectivity index (χ1) is 13.4. The molecule has 0 aliphatic heterocycles. The fraction of sp³-hybridized carbons (Fsp3) is 0.348. The highest BCUT2D eigenvalue weighted by molar-refractivity contribution is 7.90. The number of carbonyl (C=O) groups is 1. The van der Waals surface area contributed by atoms with Gasteiger partial charge in [0.25, 0.3) is 0 Å². The zero-order chi connectivity index (χ0) is 21.8. The number of carbonyl (C=O) groups excluding carboxylic acids is 1. The van der Waals surface area contributed by atoms with Gasteiger partial charge in [0.05, 0.1) is 11.8 Å². The number of rotatable bonds is 6. The van der Waals surface area contributed by atoms with Crippen molar-refractivity contribution in [2.24, 2.45) is 0 Å². The second kappa shape index (κ2) is 8.82. The van der Waals surface area contributed by atoms with Crippen molar-refractivity contribution in [3.63, 3.8) is 0 Å². The van der Waals surface area contributed by atoms with Crippen molar-refractivity contribution in [3.8, 4) is 11.1 Å². The minimum Gasteiger partial charge on any atom is -0.443 e. The van der Waals surface area contributed by atoms with Crippen molar-refractivity contribution in [1.29, 1.82) is 0 Å². The first-order valence-electron chi connectivity index (χ1n) is 9.50. The second-order valence-electron chi connectivity index (χ2n) is 8.13. The van der Waals surface area contributed by atoms with Crippen LogP contribution in [0.3, 0.4) is 0 Å². The number of sulfonamides is 1. The highest BCUT2D eigenvalue weighted by Gasteiger charge is 2.34. The van der Waals surface area contributed by atoms with E-state index in [0.29, 0.717) is 5.57 Å². The average molecular weight is 416 g/mol. The molecule has 0 N–H and O–H groups in total. The molecule has 5 nitrogen and oxygen atoms in total. The zero-order valence-electron chi connectivity index (χ0n) is 17.7. The van der Waals surface area contributed by atoms with Gasteiger partial charge >= 0.3 is 6.09 Å². The summed E-state index contributed by atoms with van der Waals surface area (Å²) >= 11 is 0. The SMILES string of the molecule is C=C(CN(C(=O)OC(C)(C)C)S(=O)(=O)C(C)C)c1ccc(-c2ccccc2)cc1. The van der Waals surface area contributed by atoms with Gasteiger partial charge in [0, 0.05) is 0 Å². The van der Waals surface area contributed by atoms with Gasteiger partial charge in [-0.25, -0.2) is 13.2 Å². The van der Waals surface area contributed by atoms with E-state index in [1.807, 2.05) is 54.6 Å². The lowest BCUT2D eigenvalue weighted by Crippen LogP contribution is -2.44. The third-order valence-corrected chi connectivity index (χ3v) is 6.32. The molecule has 0 aromatic heterocycles. The summed E-state index contributed by atoms with van der Waals surface area (Å²) in [6.07, 6.45) is -0.895. The number of benzene rings is 2. The number of ether oxygens (including phenoxy) is 1. The molecular formula is C23H29NO4S. The minimum absolute atomic E-state index is 0.167. The lowest BCUT2D eigenvalue weighted by molar-refractivity contribution is 0.0405. The molecule has 0 unspecified atom stereocenters. The van der Waals surface area contributed by atoms with Gasteiger partial charge in [0.2, 0.25) is 10.0 Å². The number of hydrogen-bond donors (Lipinski definition) is 0. The molecule has 156 valence electrons. The van der Waals surface area contributed by atoms with Crippen LogP contribution in [0.1, 0.15) is 40.2 Å². The predicted octanol–water partition coefficient (Wildman–Crippen LogP) is 5.34. The van der Waals surface area contributed by atoms with E-state index in [1.54, 1.807) is 20.8 Å². The van der Waals surface area contributed by atoms with Crippen molar-refractivity contribution in [3.05, 3.63) is 66.7 Å². The maximum absolute atomic E-state index is 12.7. The van der Waals surface area contributed by atoms with E-state index in [1.165, 1.54) is 13.8 Å². The Hall–Kier alpha value is -2.60. The van der Waals surface area contributed by atoms with E-state index in [9.17, 15) is 13.2 Å². The van der Waals surface area contributed by atoms with E-state index in [0.717, 1.165) is 21.0 Å². The Labute approximate surface area is 174 Å². The third kappa shape index (κ3) is 5.94. The standard InChI is InChI=1S/C23H29NO4S/c1-17(2)29(26,27)24(22(25)28-23(4,5)6)16-18(3)19-12-14-21(15-13-19)20-10-8-7-9-11-20/h7-15,17H,3,16H2,1-2,4-6H3. The summed E-state index contributed by atoms with van der Waals surface area (Å²) < 4.78 is 31.6. The van der Waals surface area contributed by atoms with Crippen molar-refractivity contribution in [2.75, 3.05) is 6.54 Å². The highest BCUT2D eigenvalue weighted by Crippen LogP contribution is 2.24. The molecule has 1 amide bonds. The van der Waals surface area contributed by atoms with E-state index in [-0.39, 0.29) is 6.54 Å². The summed E-state index contributed by atoms with van der Waals surface area (Å²) in [5.74, 6) is 0. The fourth-order valence-corrected chi connectivity index (χ4v) is 3.71. The van der Waals surface area contributed by atoms with Crippen molar-refractivity contribution in [1.82, 2.24) is 4.31 Å². The molecule has 29 heavy (non-hydrogen) atoms. The van der Waals surface area contributed by atoms with Crippen LogP contribution in [0.2, 0.25) is 0 Å². The smallest absolute Gasteiger partial charge is 0.424 e. The van der Waals surface area contributed by atoms with Crippen LogP contribution in [0.4, 0.5) is 4.79 Å². The normalized spacial score (nSPS) is 11.9. The van der Waals surface area contributed by atoms with Gasteiger partial charge in [-0.3, -0.25) is 0 Å². The Morgan fingerprint density at radius 2 is 1.52 bits per heavy atom. The first kappa shape index (κ1) is 22.7. The lowest BCUT2D eigenvalue weighted by Gasteiger charge is -2.28. The van der Waals surface area contributed by atoms with Gasteiger partial charge in [-0.15, -0.1) is 0 Å². The summed E-state index contributed by atoms with van der Waals surface area (Å²) in [6, 6.07) is 17.6. The fourth-order valence-electron chi connectivity index (χ4n) is 2.62. The van der Waals surface area contributed by atoms with E-state index >= 15 is 0 Å². The van der Waals surface area contributed by atoms with Gasteiger partial charge in [0.1, 0.15) is 5.60 Å². The molecule has 0 fully saturated rings. The molecule has 0 heterocycles. The highest BCUT2D eigenvalue weighted by atomic mass is 32.2. The van der Waals surface area contributed by atoms with Crippen LogP contribution in [0.25, 0.3) is 16.7 Å². The van der Waals surface area contributed by atoms with Crippen molar-refractivity contribution >= 4 is 21.7 Å². The Morgan fingerprint density at radius 1 is 1.00 bits per heavy atom. The van der Waals surface area contributed by atoms with E-state index in [4.69, 9.17) is 4.74 Å². The van der Waals surface area contributed by atoms with Crippen LogP contribution in [0.15, 0.2) is 61.2 Å². The van der Waals surface area contributed by atoms with Crippen molar-refractivity contribution in [2.45, 2.75) is 45.5 Å². The van der Waals surface area contributed by atoms with Crippen LogP contribution in [0, 0.1) is 0 Å². The molecule has 0 spiro atoms. The average Bonchev–Trinajstić information content (AvgIpc) is 2.65. The van der Waals surface area contributed by atoms with Gasteiger partial charge in [-0.05, 0) is 56.9 Å². The molecular weight excluding hydrogens is 386 g/mol. The molecule has 2 aromatic carbocycles. The van der Waals surface area contributed by atoms with E-state index in [2.05, 4.69) is 6.58 Å². The largest absolute Gasteiger partial charge is 0.443 e. The summed E-state index contributed by atoms with van der Waals surface area (Å²) in [7, 11) is -3.87. The van der Waals surface area contributed by atoms with Gasteiger partial charge in [-0.1, -0.05) is 61.2 Å². The maximum atomic E-state index is 12.7. The van der Waals surface area contributed by atoms with E-state index < -0.39 is 27.0 Å². The molecule has 0 radical (unpaired) electrons. The maximum Gasteiger partial charge on any atom is 0.424 e. The third-order valence-electron chi connectivity index (χ3n) is 4.23. The Kier molecular flexibility index (Phi) is 6.90. The quantitative estimate of drug-likeness (QED) is 0.639. The molecule has 2 rings (SSSR count). The topological polar surface area (TPSA) is 63.7 Å². The molecule has 6 heteroatoms. The molecule has 0 saturated heterocycles. The monoisotopic (exact) mass is 415 g/mol. The number of amides is 1. The van der Waals surface area contributed by atoms with Crippen LogP contribution in [-0.2, 0) is 14.8 Å². The molecule has 0 atom stereocenters. The predicted molar refractivity (Wildman–Crippen MR) is 118 cm³/mol. The molecule has 0 aliphatic carbocycles. The summed E-state index contributed by atoms with van der Waals surface area (Å²) in [5.41, 5.74) is 2.60. The Morgan fingerprint density at radius 3 is 2.00 bits per heavy atom. The minimum atomic E-state index is -3.87. The number of hydrogen-bond acceptors (Lipinski definition) is 4. The Balaban J connectivity index is 2.26. The summed E-state index contributed by atoms with van der Waals surface area (Å²) in [6.45, 7) is 12.0. The number of nitrogens with zero attached hydrogens (tertiary/aromatic N) is 1. The van der Waals surface area contributed by atoms with Gasteiger partial charge in [0.15, 0.2) is 0 Å². The Bertz CT molecular complexity index is 956. The molecule has 0 aliphatic rings. The van der Waals surface area contributed by atoms with Gasteiger partial charge in [-0.2, -0.15) is 4.31 Å². The second-order valence-corrected chi connectivity index (χ2v) is 10.5. The van der Waals surface area contributed by atoms with Crippen LogP contribution < -0.4 is 0 Å². The molecule has 0 saturated carbocycles. The molecule has 0 bridgehead atoms. The van der Waals surface area contributed by atoms with Crippen molar-refractivity contribution < 1.29 is 17.9 Å². The zero-order valence-corrected chi connectivity index (χ0v) is 18.5. The molecule has 2 aromatic rings. The summed E-state index contributed by atoms with van der Waals surface area (Å²) in [4.78, 5) is 12.6. The summed E-state index contributed by atoms with van der Waals surface area (Å²) in [5, 5.41) is -0.761. The van der Waals surface area contributed by atoms with Crippen LogP contribution >= 0.6 is 0 Å².